The number of anilines is 1. The van der Waals surface area contributed by atoms with Crippen molar-refractivity contribution in [3.05, 3.63) is 78.1 Å². The Morgan fingerprint density at radius 1 is 1.11 bits per heavy atom. The molecular formula is C29H29NO4S. The first-order chi connectivity index (χ1) is 17.0. The number of furan rings is 1. The summed E-state index contributed by atoms with van der Waals surface area (Å²) in [5.74, 6) is 1.28. The minimum atomic E-state index is -0.197. The highest BCUT2D eigenvalue weighted by Crippen LogP contribution is 2.42. The number of aryl methyl sites for hydroxylation is 1. The molecule has 0 saturated heterocycles. The molecule has 1 heterocycles. The number of fused-ring (bicyclic) bond motifs is 1. The van der Waals surface area contributed by atoms with Gasteiger partial charge >= 0.3 is 0 Å². The molecule has 5 nitrogen and oxygen atoms in total. The molecule has 0 saturated carbocycles. The fraction of sp³-hybridized carbons (Fsp3) is 0.207. The summed E-state index contributed by atoms with van der Waals surface area (Å²) >= 11 is 1.66. The number of hydrogen-bond donors (Lipinski definition) is 1. The zero-order valence-electron chi connectivity index (χ0n) is 20.6. The Labute approximate surface area is 210 Å². The van der Waals surface area contributed by atoms with Crippen molar-refractivity contribution in [1.82, 2.24) is 0 Å². The minimum absolute atomic E-state index is 0.197. The Morgan fingerprint density at radius 2 is 1.86 bits per heavy atom. The van der Waals surface area contributed by atoms with Crippen molar-refractivity contribution in [3.63, 3.8) is 0 Å². The van der Waals surface area contributed by atoms with Crippen LogP contribution in [0.1, 0.15) is 25.0 Å². The summed E-state index contributed by atoms with van der Waals surface area (Å²) < 4.78 is 17.6. The van der Waals surface area contributed by atoms with Gasteiger partial charge in [0.1, 0.15) is 17.1 Å². The molecule has 0 aliphatic carbocycles. The average Bonchev–Trinajstić information content (AvgIpc) is 3.30. The number of ether oxygens (including phenoxy) is 2. The van der Waals surface area contributed by atoms with E-state index in [9.17, 15) is 4.79 Å². The van der Waals surface area contributed by atoms with Gasteiger partial charge in [-0.2, -0.15) is 0 Å². The maximum Gasteiger partial charge on any atom is 0.248 e. The molecule has 3 aromatic carbocycles. The van der Waals surface area contributed by atoms with E-state index in [-0.39, 0.29) is 5.91 Å². The van der Waals surface area contributed by atoms with E-state index in [1.807, 2.05) is 81.6 Å². The van der Waals surface area contributed by atoms with Crippen LogP contribution in [-0.2, 0) is 4.79 Å². The first-order valence-electron chi connectivity index (χ1n) is 11.4. The van der Waals surface area contributed by atoms with Crippen molar-refractivity contribution in [2.24, 2.45) is 0 Å². The monoisotopic (exact) mass is 487 g/mol. The van der Waals surface area contributed by atoms with Gasteiger partial charge in [0.05, 0.1) is 20.0 Å². The van der Waals surface area contributed by atoms with Gasteiger partial charge in [0.2, 0.25) is 5.91 Å². The van der Waals surface area contributed by atoms with Crippen LogP contribution in [0, 0.1) is 6.92 Å². The van der Waals surface area contributed by atoms with Crippen molar-refractivity contribution in [2.45, 2.75) is 25.7 Å². The van der Waals surface area contributed by atoms with Gasteiger partial charge in [0.15, 0.2) is 0 Å². The molecule has 0 bridgehead atoms. The highest BCUT2D eigenvalue weighted by atomic mass is 32.2. The van der Waals surface area contributed by atoms with Gasteiger partial charge in [-0.1, -0.05) is 18.2 Å². The van der Waals surface area contributed by atoms with Crippen molar-refractivity contribution in [2.75, 3.05) is 25.3 Å². The second-order valence-electron chi connectivity index (χ2n) is 8.08. The molecule has 1 N–H and O–H groups in total. The fourth-order valence-electron chi connectivity index (χ4n) is 4.14. The summed E-state index contributed by atoms with van der Waals surface area (Å²) in [4.78, 5) is 14.0. The van der Waals surface area contributed by atoms with E-state index in [0.29, 0.717) is 12.4 Å². The third-order valence-corrected chi connectivity index (χ3v) is 6.60. The molecule has 1 aromatic heterocycles. The lowest BCUT2D eigenvalue weighted by atomic mass is 9.96. The Hall–Kier alpha value is -3.64. The fourth-order valence-corrected chi connectivity index (χ4v) is 4.55. The molecule has 0 aliphatic rings. The predicted octanol–water partition coefficient (Wildman–Crippen LogP) is 7.58. The first kappa shape index (κ1) is 24.5. The SMILES string of the molecule is CCOc1c(/C(C)=C/C(=O)Nc2ccc(SC)cc2)cc2c(-c3ccccc3OC)coc2c1C. The zero-order chi connectivity index (χ0) is 24.9. The van der Waals surface area contributed by atoms with Crippen LogP contribution in [0.15, 0.2) is 76.2 Å². The van der Waals surface area contributed by atoms with E-state index in [1.54, 1.807) is 31.2 Å². The quantitative estimate of drug-likeness (QED) is 0.205. The number of carbonyl (C=O) groups excluding carboxylic acids is 1. The Balaban J connectivity index is 1.77. The number of rotatable bonds is 8. The zero-order valence-corrected chi connectivity index (χ0v) is 21.4. The van der Waals surface area contributed by atoms with Crippen molar-refractivity contribution >= 4 is 39.9 Å². The van der Waals surface area contributed by atoms with Gasteiger partial charge in [-0.15, -0.1) is 11.8 Å². The second kappa shape index (κ2) is 10.7. The summed E-state index contributed by atoms with van der Waals surface area (Å²) in [5.41, 5.74) is 5.91. The highest BCUT2D eigenvalue weighted by molar-refractivity contribution is 7.98. The third kappa shape index (κ3) is 5.08. The number of hydrogen-bond acceptors (Lipinski definition) is 5. The molecular weight excluding hydrogens is 458 g/mol. The molecule has 4 aromatic rings. The molecule has 1 amide bonds. The lowest BCUT2D eigenvalue weighted by Crippen LogP contribution is -2.09. The summed E-state index contributed by atoms with van der Waals surface area (Å²) in [7, 11) is 1.66. The van der Waals surface area contributed by atoms with Crippen LogP contribution >= 0.6 is 11.8 Å². The molecule has 0 radical (unpaired) electrons. The summed E-state index contributed by atoms with van der Waals surface area (Å²) in [6.07, 6.45) is 5.38. The second-order valence-corrected chi connectivity index (χ2v) is 8.96. The van der Waals surface area contributed by atoms with Gasteiger partial charge in [-0.05, 0) is 69.0 Å². The van der Waals surface area contributed by atoms with E-state index in [2.05, 4.69) is 5.32 Å². The minimum Gasteiger partial charge on any atom is -0.496 e. The van der Waals surface area contributed by atoms with Crippen LogP contribution in [0.5, 0.6) is 11.5 Å². The van der Waals surface area contributed by atoms with Gasteiger partial charge in [-0.3, -0.25) is 4.79 Å². The molecule has 4 rings (SSSR count). The molecule has 0 aliphatic heterocycles. The maximum atomic E-state index is 12.8. The van der Waals surface area contributed by atoms with E-state index in [1.165, 1.54) is 0 Å². The molecule has 0 atom stereocenters. The first-order valence-corrected chi connectivity index (χ1v) is 12.6. The Morgan fingerprint density at radius 3 is 2.54 bits per heavy atom. The maximum absolute atomic E-state index is 12.8. The molecule has 6 heteroatoms. The summed E-state index contributed by atoms with van der Waals surface area (Å²) in [6, 6.07) is 17.7. The summed E-state index contributed by atoms with van der Waals surface area (Å²) in [5, 5.41) is 3.88. The van der Waals surface area contributed by atoms with Gasteiger partial charge in [-0.25, -0.2) is 0 Å². The average molecular weight is 488 g/mol. The van der Waals surface area contributed by atoms with Crippen molar-refractivity contribution < 1.29 is 18.7 Å². The van der Waals surface area contributed by atoms with Crippen LogP contribution in [0.4, 0.5) is 5.69 Å². The molecule has 35 heavy (non-hydrogen) atoms. The van der Waals surface area contributed by atoms with Gasteiger partial charge < -0.3 is 19.2 Å². The van der Waals surface area contributed by atoms with Crippen LogP contribution in [-0.4, -0.2) is 25.9 Å². The number of para-hydroxylation sites is 1. The van der Waals surface area contributed by atoms with Crippen LogP contribution in [0.25, 0.3) is 27.7 Å². The lowest BCUT2D eigenvalue weighted by Gasteiger charge is -2.15. The number of amides is 1. The topological polar surface area (TPSA) is 60.7 Å². The number of thioether (sulfide) groups is 1. The smallest absolute Gasteiger partial charge is 0.248 e. The molecule has 0 spiro atoms. The van der Waals surface area contributed by atoms with E-state index in [0.717, 1.165) is 55.1 Å². The normalized spacial score (nSPS) is 11.5. The Bertz CT molecular complexity index is 1390. The third-order valence-electron chi connectivity index (χ3n) is 5.86. The highest BCUT2D eigenvalue weighted by Gasteiger charge is 2.20. The molecule has 0 fully saturated rings. The standard InChI is InChI=1S/C29H29NO4S/c1-6-33-28-19(3)29-24(25(17-34-29)22-9-7-8-10-26(22)32-4)16-23(28)18(2)15-27(31)30-20-11-13-21(35-5)14-12-20/h7-17H,6H2,1-5H3,(H,30,31)/b18-15+. The largest absolute Gasteiger partial charge is 0.496 e. The molecule has 180 valence electrons. The number of methoxy groups -OCH3 is 1. The van der Waals surface area contributed by atoms with Crippen LogP contribution in [0.2, 0.25) is 0 Å². The van der Waals surface area contributed by atoms with Crippen LogP contribution < -0.4 is 14.8 Å². The van der Waals surface area contributed by atoms with E-state index >= 15 is 0 Å². The number of allylic oxidation sites excluding steroid dienone is 1. The lowest BCUT2D eigenvalue weighted by molar-refractivity contribution is -0.111. The predicted molar refractivity (Wildman–Crippen MR) is 145 cm³/mol. The van der Waals surface area contributed by atoms with Crippen molar-refractivity contribution in [1.29, 1.82) is 0 Å². The number of benzene rings is 3. The van der Waals surface area contributed by atoms with Gasteiger partial charge in [0.25, 0.3) is 0 Å². The summed E-state index contributed by atoms with van der Waals surface area (Å²) in [6.45, 7) is 6.34. The van der Waals surface area contributed by atoms with E-state index in [4.69, 9.17) is 13.9 Å². The number of nitrogens with one attached hydrogen (secondary N) is 1. The van der Waals surface area contributed by atoms with Crippen molar-refractivity contribution in [3.8, 4) is 22.6 Å². The molecule has 0 unspecified atom stereocenters. The van der Waals surface area contributed by atoms with Gasteiger partial charge in [0, 0.05) is 44.3 Å². The number of carbonyl (C=O) groups is 1. The van der Waals surface area contributed by atoms with E-state index < -0.39 is 0 Å². The Kier molecular flexibility index (Phi) is 7.51. The van der Waals surface area contributed by atoms with Crippen LogP contribution in [0.3, 0.4) is 0 Å².